The SMILES string of the molecule is CN(C)C1CCN(C(=O)C[C@H](NC(=O)/C=C/c2c(-n3cnnn3)ccc(Cl)c2F)C(=O)Nc2ccc(C(=O)O)cc2)CC1. The van der Waals surface area contributed by atoms with Gasteiger partial charge in [-0.05, 0) is 79.8 Å². The molecule has 15 heteroatoms. The number of aromatic nitrogens is 4. The molecule has 0 unspecified atom stereocenters. The number of tetrazole rings is 1. The van der Waals surface area contributed by atoms with Gasteiger partial charge in [-0.15, -0.1) is 5.10 Å². The van der Waals surface area contributed by atoms with Crippen molar-refractivity contribution in [3.8, 4) is 5.69 Å². The predicted molar refractivity (Wildman–Crippen MR) is 155 cm³/mol. The molecule has 1 aliphatic rings. The third-order valence-electron chi connectivity index (χ3n) is 7.07. The van der Waals surface area contributed by atoms with Gasteiger partial charge in [-0.2, -0.15) is 4.68 Å². The Balaban J connectivity index is 1.52. The van der Waals surface area contributed by atoms with Gasteiger partial charge in [0.25, 0.3) is 0 Å². The van der Waals surface area contributed by atoms with Gasteiger partial charge < -0.3 is 25.5 Å². The standard InChI is InChI=1S/C28H30ClFN8O5/c1-36(2)19-11-13-37(14-12-19)25(40)15-22(27(41)32-18-5-3-17(4-6-18)28(42)43)33-24(39)10-7-20-23(38-16-31-34-35-38)9-8-21(29)26(20)30/h3-10,16,19,22H,11-15H2,1-2H3,(H,32,41)(H,33,39)(H,42,43)/b10-7+/t22-/m0/s1. The van der Waals surface area contributed by atoms with Crippen molar-refractivity contribution >= 4 is 47.1 Å². The Labute approximate surface area is 251 Å². The van der Waals surface area contributed by atoms with Crippen molar-refractivity contribution in [3.63, 3.8) is 0 Å². The number of nitrogens with one attached hydrogen (secondary N) is 2. The number of halogens is 2. The van der Waals surface area contributed by atoms with Crippen molar-refractivity contribution in [1.29, 1.82) is 0 Å². The Morgan fingerprint density at radius 1 is 1.14 bits per heavy atom. The van der Waals surface area contributed by atoms with Crippen LogP contribution in [0.1, 0.15) is 35.2 Å². The number of benzene rings is 2. The lowest BCUT2D eigenvalue weighted by atomic mass is 10.0. The number of nitrogens with zero attached hydrogens (tertiary/aromatic N) is 6. The average molecular weight is 613 g/mol. The molecule has 2 heterocycles. The van der Waals surface area contributed by atoms with E-state index in [0.717, 1.165) is 18.9 Å². The van der Waals surface area contributed by atoms with Crippen LogP contribution in [0.2, 0.25) is 5.02 Å². The van der Waals surface area contributed by atoms with E-state index in [9.17, 15) is 23.6 Å². The van der Waals surface area contributed by atoms with E-state index in [1.165, 1.54) is 53.5 Å². The minimum Gasteiger partial charge on any atom is -0.478 e. The summed E-state index contributed by atoms with van der Waals surface area (Å²) in [5, 5.41) is 24.9. The normalized spacial score (nSPS) is 14.6. The molecule has 1 atom stereocenters. The predicted octanol–water partition coefficient (Wildman–Crippen LogP) is 2.23. The van der Waals surface area contributed by atoms with Crippen LogP contribution in [0.15, 0.2) is 48.8 Å². The van der Waals surface area contributed by atoms with E-state index in [1.54, 1.807) is 4.90 Å². The van der Waals surface area contributed by atoms with Crippen LogP contribution in [0.25, 0.3) is 11.8 Å². The molecule has 0 bridgehead atoms. The van der Waals surface area contributed by atoms with Crippen LogP contribution in [0.4, 0.5) is 10.1 Å². The molecule has 226 valence electrons. The molecule has 4 rings (SSSR count). The molecular weight excluding hydrogens is 583 g/mol. The Hall–Kier alpha value is -4.69. The third-order valence-corrected chi connectivity index (χ3v) is 7.36. The van der Waals surface area contributed by atoms with E-state index in [0.29, 0.717) is 19.1 Å². The summed E-state index contributed by atoms with van der Waals surface area (Å²) in [5.74, 6) is -3.72. The first-order chi connectivity index (χ1) is 20.5. The number of carboxylic acids is 1. The van der Waals surface area contributed by atoms with E-state index in [-0.39, 0.29) is 39.9 Å². The number of hydrogen-bond donors (Lipinski definition) is 3. The maximum absolute atomic E-state index is 14.9. The summed E-state index contributed by atoms with van der Waals surface area (Å²) < 4.78 is 16.1. The minimum atomic E-state index is -1.29. The van der Waals surface area contributed by atoms with Gasteiger partial charge in [-0.3, -0.25) is 14.4 Å². The number of likely N-dealkylation sites (tertiary alicyclic amines) is 1. The van der Waals surface area contributed by atoms with Gasteiger partial charge in [0.1, 0.15) is 12.4 Å². The van der Waals surface area contributed by atoms with E-state index >= 15 is 0 Å². The fourth-order valence-electron chi connectivity index (χ4n) is 4.64. The van der Waals surface area contributed by atoms with Gasteiger partial charge in [0, 0.05) is 36.5 Å². The van der Waals surface area contributed by atoms with Gasteiger partial charge in [0.2, 0.25) is 17.7 Å². The fraction of sp³-hybridized carbons (Fsp3) is 0.321. The van der Waals surface area contributed by atoms with Crippen LogP contribution < -0.4 is 10.6 Å². The van der Waals surface area contributed by atoms with Crippen molar-refractivity contribution in [3.05, 3.63) is 70.8 Å². The van der Waals surface area contributed by atoms with E-state index < -0.39 is 29.6 Å². The lowest BCUT2D eigenvalue weighted by molar-refractivity contribution is -0.135. The van der Waals surface area contributed by atoms with Crippen molar-refractivity contribution in [1.82, 2.24) is 35.3 Å². The average Bonchev–Trinajstić information content (AvgIpc) is 3.52. The van der Waals surface area contributed by atoms with Gasteiger partial charge in [-0.25, -0.2) is 9.18 Å². The fourth-order valence-corrected chi connectivity index (χ4v) is 4.80. The first kappa shape index (κ1) is 31.3. The summed E-state index contributed by atoms with van der Waals surface area (Å²) in [5.41, 5.74) is 0.440. The molecule has 43 heavy (non-hydrogen) atoms. The van der Waals surface area contributed by atoms with Crippen LogP contribution in [-0.2, 0) is 14.4 Å². The van der Waals surface area contributed by atoms with Crippen LogP contribution in [0.3, 0.4) is 0 Å². The summed E-state index contributed by atoms with van der Waals surface area (Å²) in [6.07, 6.45) is 4.65. The maximum Gasteiger partial charge on any atom is 0.335 e. The number of rotatable bonds is 10. The smallest absolute Gasteiger partial charge is 0.335 e. The van der Waals surface area contributed by atoms with Crippen molar-refractivity contribution in [2.24, 2.45) is 0 Å². The van der Waals surface area contributed by atoms with Crippen molar-refractivity contribution in [2.45, 2.75) is 31.3 Å². The van der Waals surface area contributed by atoms with Crippen LogP contribution in [-0.4, -0.2) is 98.1 Å². The molecule has 1 aliphatic heterocycles. The zero-order valence-corrected chi connectivity index (χ0v) is 24.2. The first-order valence-corrected chi connectivity index (χ1v) is 13.7. The highest BCUT2D eigenvalue weighted by Crippen LogP contribution is 2.25. The van der Waals surface area contributed by atoms with E-state index in [2.05, 4.69) is 31.1 Å². The number of hydrogen-bond acceptors (Lipinski definition) is 8. The number of piperidine rings is 1. The second kappa shape index (κ2) is 14.0. The Bertz CT molecular complexity index is 1510. The summed E-state index contributed by atoms with van der Waals surface area (Å²) in [6, 6.07) is 7.27. The Morgan fingerprint density at radius 2 is 1.84 bits per heavy atom. The number of amides is 3. The summed E-state index contributed by atoms with van der Waals surface area (Å²) in [7, 11) is 3.96. The zero-order valence-electron chi connectivity index (χ0n) is 23.4. The molecule has 3 aromatic rings. The molecule has 1 aromatic heterocycles. The first-order valence-electron chi connectivity index (χ1n) is 13.3. The largest absolute Gasteiger partial charge is 0.478 e. The molecule has 2 aromatic carbocycles. The van der Waals surface area contributed by atoms with Crippen LogP contribution in [0.5, 0.6) is 0 Å². The van der Waals surface area contributed by atoms with Crippen molar-refractivity contribution < 1.29 is 28.7 Å². The number of carbonyl (C=O) groups is 4. The maximum atomic E-state index is 14.9. The van der Waals surface area contributed by atoms with Gasteiger partial charge in [0.05, 0.1) is 22.7 Å². The molecule has 1 fully saturated rings. The zero-order chi connectivity index (χ0) is 31.1. The molecule has 3 amide bonds. The minimum absolute atomic E-state index is 0.0265. The lowest BCUT2D eigenvalue weighted by Gasteiger charge is -2.35. The highest BCUT2D eigenvalue weighted by molar-refractivity contribution is 6.31. The van der Waals surface area contributed by atoms with Gasteiger partial charge in [-0.1, -0.05) is 11.6 Å². The summed E-state index contributed by atoms with van der Waals surface area (Å²) in [4.78, 5) is 54.4. The topological polar surface area (TPSA) is 163 Å². The third kappa shape index (κ3) is 7.99. The Morgan fingerprint density at radius 3 is 2.44 bits per heavy atom. The summed E-state index contributed by atoms with van der Waals surface area (Å²) >= 11 is 5.95. The molecule has 0 spiro atoms. The number of anilines is 1. The molecule has 1 saturated heterocycles. The molecule has 3 N–H and O–H groups in total. The second-order valence-electron chi connectivity index (χ2n) is 10.1. The summed E-state index contributed by atoms with van der Waals surface area (Å²) in [6.45, 7) is 1.02. The van der Waals surface area contributed by atoms with E-state index in [4.69, 9.17) is 16.7 Å². The number of carboxylic acid groups (broad SMARTS) is 1. The van der Waals surface area contributed by atoms with Crippen molar-refractivity contribution in [2.75, 3.05) is 32.5 Å². The molecule has 0 saturated carbocycles. The van der Waals surface area contributed by atoms with Gasteiger partial charge >= 0.3 is 5.97 Å². The quantitative estimate of drug-likeness (QED) is 0.291. The van der Waals surface area contributed by atoms with Crippen LogP contribution in [0, 0.1) is 5.82 Å². The number of carbonyl (C=O) groups excluding carboxylic acids is 3. The van der Waals surface area contributed by atoms with E-state index in [1.807, 2.05) is 14.1 Å². The monoisotopic (exact) mass is 612 g/mol. The lowest BCUT2D eigenvalue weighted by Crippen LogP contribution is -2.49. The second-order valence-corrected chi connectivity index (χ2v) is 10.5. The molecule has 0 aliphatic carbocycles. The molecule has 13 nitrogen and oxygen atoms in total. The van der Waals surface area contributed by atoms with Crippen LogP contribution >= 0.6 is 11.6 Å². The molecular formula is C28H30ClFN8O5. The molecule has 0 radical (unpaired) electrons. The highest BCUT2D eigenvalue weighted by Gasteiger charge is 2.29. The highest BCUT2D eigenvalue weighted by atomic mass is 35.5. The Kier molecular flexibility index (Phi) is 10.2. The van der Waals surface area contributed by atoms with Gasteiger partial charge in [0.15, 0.2) is 5.82 Å². The number of aromatic carboxylic acids is 1.